The average Bonchev–Trinajstić information content (AvgIpc) is 3.84. The Hall–Kier alpha value is -6.72. The first-order valence-corrected chi connectivity index (χ1v) is 16.3. The number of nitrogens with zero attached hydrogens (tertiary/aromatic N) is 2. The fourth-order valence-corrected chi connectivity index (χ4v) is 7.38. The summed E-state index contributed by atoms with van der Waals surface area (Å²) in [5.41, 5.74) is 9.96. The van der Waals surface area contributed by atoms with Gasteiger partial charge in [-0.2, -0.15) is 0 Å². The van der Waals surface area contributed by atoms with E-state index in [2.05, 4.69) is 97.1 Å². The summed E-state index contributed by atoms with van der Waals surface area (Å²) in [6, 6.07) is 49.8. The molecule has 0 aliphatic heterocycles. The Morgan fingerprint density at radius 1 is 0.388 bits per heavy atom. The molecule has 11 rings (SSSR count). The lowest BCUT2D eigenvalue weighted by atomic mass is 9.96. The predicted octanol–water partition coefficient (Wildman–Crippen LogP) is 12.3. The van der Waals surface area contributed by atoms with Crippen molar-refractivity contribution >= 4 is 76.7 Å². The highest BCUT2D eigenvalue weighted by Gasteiger charge is 2.23. The number of fused-ring (bicyclic) bond motifs is 10. The van der Waals surface area contributed by atoms with Crippen LogP contribution in [0.25, 0.3) is 110 Å². The van der Waals surface area contributed by atoms with Crippen LogP contribution in [0, 0.1) is 0 Å². The Balaban J connectivity index is 1.23. The molecule has 7 aromatic carbocycles. The average molecular weight is 629 g/mol. The second kappa shape index (κ2) is 9.89. The van der Waals surface area contributed by atoms with Crippen LogP contribution in [0.3, 0.4) is 0 Å². The molecule has 4 aromatic heterocycles. The molecular weight excluding hydrogens is 604 g/mol. The molecule has 0 aliphatic carbocycles. The Bertz CT molecular complexity index is 3110. The lowest BCUT2D eigenvalue weighted by Crippen LogP contribution is -1.95. The van der Waals surface area contributed by atoms with E-state index >= 15 is 0 Å². The van der Waals surface area contributed by atoms with Gasteiger partial charge in [0, 0.05) is 32.5 Å². The normalized spacial score (nSPS) is 12.1. The van der Waals surface area contributed by atoms with E-state index in [0.29, 0.717) is 17.1 Å². The Kier molecular flexibility index (Phi) is 5.32. The van der Waals surface area contributed by atoms with Crippen molar-refractivity contribution in [3.63, 3.8) is 0 Å². The third kappa shape index (κ3) is 3.87. The molecule has 49 heavy (non-hydrogen) atoms. The maximum atomic E-state index is 6.81. The first-order valence-electron chi connectivity index (χ1n) is 16.3. The topological polar surface area (TPSA) is 65.2 Å². The van der Waals surface area contributed by atoms with Crippen molar-refractivity contribution in [1.29, 1.82) is 0 Å². The van der Waals surface area contributed by atoms with E-state index in [9.17, 15) is 0 Å². The summed E-state index contributed by atoms with van der Waals surface area (Å²) in [5, 5.41) is 7.45. The first-order chi connectivity index (χ1) is 24.3. The van der Waals surface area contributed by atoms with Gasteiger partial charge in [0.1, 0.15) is 39.1 Å². The van der Waals surface area contributed by atoms with Crippen molar-refractivity contribution in [1.82, 2.24) is 9.97 Å². The highest BCUT2D eigenvalue weighted by atomic mass is 16.3. The van der Waals surface area contributed by atoms with Gasteiger partial charge in [-0.05, 0) is 70.4 Å². The third-order valence-electron chi connectivity index (χ3n) is 9.68. The summed E-state index contributed by atoms with van der Waals surface area (Å²) in [5.74, 6) is 0.562. The zero-order valence-electron chi connectivity index (χ0n) is 26.0. The molecule has 0 saturated carbocycles. The molecule has 11 aromatic rings. The van der Waals surface area contributed by atoms with Gasteiger partial charge in [-0.25, -0.2) is 9.97 Å². The smallest absolute Gasteiger partial charge is 0.180 e. The van der Waals surface area contributed by atoms with E-state index in [1.165, 1.54) is 0 Å². The summed E-state index contributed by atoms with van der Waals surface area (Å²) in [6.07, 6.45) is 0. The maximum Gasteiger partial charge on any atom is 0.180 e. The standard InChI is InChI=1S/C44H24N2O3/c1-2-10-25(11-3-1)29-20-21-33(42-39(29)34-22-26-12-4-5-13-27(26)23-38(34)49-42)44-45-40(43-41(46-44)32-15-7-9-17-36(32)48-43)28-18-19-31-30-14-6-8-16-35(30)47-37(31)24-28/h1-24H. The zero-order chi connectivity index (χ0) is 32.1. The van der Waals surface area contributed by atoms with Crippen LogP contribution < -0.4 is 0 Å². The lowest BCUT2D eigenvalue weighted by Gasteiger charge is -2.09. The van der Waals surface area contributed by atoms with E-state index < -0.39 is 0 Å². The van der Waals surface area contributed by atoms with Gasteiger partial charge in [0.2, 0.25) is 0 Å². The molecule has 0 spiro atoms. The molecule has 0 bridgehead atoms. The number of para-hydroxylation sites is 2. The van der Waals surface area contributed by atoms with Crippen LogP contribution in [-0.4, -0.2) is 9.97 Å². The van der Waals surface area contributed by atoms with E-state index in [4.69, 9.17) is 23.2 Å². The molecule has 5 nitrogen and oxygen atoms in total. The molecule has 0 amide bonds. The van der Waals surface area contributed by atoms with Crippen LogP contribution in [0.2, 0.25) is 0 Å². The fourth-order valence-electron chi connectivity index (χ4n) is 7.38. The number of aromatic nitrogens is 2. The van der Waals surface area contributed by atoms with E-state index in [1.54, 1.807) is 0 Å². The van der Waals surface area contributed by atoms with Gasteiger partial charge in [0.15, 0.2) is 11.4 Å². The van der Waals surface area contributed by atoms with Gasteiger partial charge >= 0.3 is 0 Å². The summed E-state index contributed by atoms with van der Waals surface area (Å²) in [7, 11) is 0. The molecule has 0 radical (unpaired) electrons. The lowest BCUT2D eigenvalue weighted by molar-refractivity contribution is 0.665. The number of furan rings is 3. The van der Waals surface area contributed by atoms with Crippen LogP contribution in [0.1, 0.15) is 0 Å². The highest BCUT2D eigenvalue weighted by molar-refractivity contribution is 6.19. The fraction of sp³-hybridized carbons (Fsp3) is 0. The Morgan fingerprint density at radius 2 is 1.04 bits per heavy atom. The summed E-state index contributed by atoms with van der Waals surface area (Å²) in [6.45, 7) is 0. The quantitative estimate of drug-likeness (QED) is 0.195. The first kappa shape index (κ1) is 26.4. The van der Waals surface area contributed by atoms with Crippen molar-refractivity contribution in [2.24, 2.45) is 0 Å². The van der Waals surface area contributed by atoms with Crippen LogP contribution in [0.5, 0.6) is 0 Å². The SMILES string of the molecule is c1ccc(-c2ccc(-c3nc(-c4ccc5c(c4)oc4ccccc45)c4oc5ccccc5c4n3)c3oc4cc5ccccc5cc4c23)cc1. The Labute approximate surface area is 278 Å². The van der Waals surface area contributed by atoms with Gasteiger partial charge in [0.05, 0.1) is 5.56 Å². The van der Waals surface area contributed by atoms with Crippen molar-refractivity contribution in [2.45, 2.75) is 0 Å². The molecule has 0 atom stereocenters. The molecule has 228 valence electrons. The minimum atomic E-state index is 0.562. The molecule has 0 fully saturated rings. The van der Waals surface area contributed by atoms with Gasteiger partial charge in [-0.3, -0.25) is 0 Å². The summed E-state index contributed by atoms with van der Waals surface area (Å²) in [4.78, 5) is 10.5. The van der Waals surface area contributed by atoms with Crippen LogP contribution >= 0.6 is 0 Å². The molecular formula is C44H24N2O3. The molecule has 0 aliphatic rings. The molecule has 0 unspecified atom stereocenters. The van der Waals surface area contributed by atoms with E-state index in [1.807, 2.05) is 48.5 Å². The summed E-state index contributed by atoms with van der Waals surface area (Å²) >= 11 is 0. The second-order valence-electron chi connectivity index (χ2n) is 12.5. The minimum absolute atomic E-state index is 0.562. The molecule has 0 N–H and O–H groups in total. The van der Waals surface area contributed by atoms with Crippen molar-refractivity contribution in [3.05, 3.63) is 146 Å². The third-order valence-corrected chi connectivity index (χ3v) is 9.68. The zero-order valence-corrected chi connectivity index (χ0v) is 26.0. The number of rotatable bonds is 3. The van der Waals surface area contributed by atoms with Crippen LogP contribution in [0.15, 0.2) is 159 Å². The van der Waals surface area contributed by atoms with E-state index in [-0.39, 0.29) is 0 Å². The monoisotopic (exact) mass is 628 g/mol. The van der Waals surface area contributed by atoms with Gasteiger partial charge in [-0.1, -0.05) is 97.1 Å². The van der Waals surface area contributed by atoms with Gasteiger partial charge < -0.3 is 13.3 Å². The number of hydrogen-bond acceptors (Lipinski definition) is 5. The van der Waals surface area contributed by atoms with Crippen molar-refractivity contribution in [2.75, 3.05) is 0 Å². The summed E-state index contributed by atoms with van der Waals surface area (Å²) < 4.78 is 19.6. The minimum Gasteiger partial charge on any atom is -0.456 e. The second-order valence-corrected chi connectivity index (χ2v) is 12.5. The van der Waals surface area contributed by atoms with Gasteiger partial charge in [0.25, 0.3) is 0 Å². The van der Waals surface area contributed by atoms with Gasteiger partial charge in [-0.15, -0.1) is 0 Å². The van der Waals surface area contributed by atoms with Crippen molar-refractivity contribution < 1.29 is 13.3 Å². The molecule has 4 heterocycles. The molecule has 0 saturated heterocycles. The van der Waals surface area contributed by atoms with E-state index in [0.717, 1.165) is 93.4 Å². The highest BCUT2D eigenvalue weighted by Crippen LogP contribution is 2.44. The van der Waals surface area contributed by atoms with Crippen molar-refractivity contribution in [3.8, 4) is 33.8 Å². The maximum absolute atomic E-state index is 6.81. The molecule has 5 heteroatoms. The predicted molar refractivity (Wildman–Crippen MR) is 198 cm³/mol. The number of benzene rings is 7. The Morgan fingerprint density at radius 3 is 1.90 bits per heavy atom. The van der Waals surface area contributed by atoms with Crippen LogP contribution in [-0.2, 0) is 0 Å². The number of hydrogen-bond donors (Lipinski definition) is 0. The largest absolute Gasteiger partial charge is 0.456 e. The van der Waals surface area contributed by atoms with Crippen LogP contribution in [0.4, 0.5) is 0 Å².